The number of carbonyl (C=O) groups excluding carboxylic acids is 1. The molecule has 0 atom stereocenters. The number of aryl methyl sites for hydroxylation is 2. The Kier molecular flexibility index (Phi) is 5.81. The van der Waals surface area contributed by atoms with E-state index in [1.165, 1.54) is 11.8 Å². The molecule has 0 unspecified atom stereocenters. The van der Waals surface area contributed by atoms with E-state index in [0.29, 0.717) is 23.6 Å². The van der Waals surface area contributed by atoms with Crippen molar-refractivity contribution >= 4 is 28.6 Å². The van der Waals surface area contributed by atoms with Crippen LogP contribution in [0.1, 0.15) is 34.4 Å². The van der Waals surface area contributed by atoms with Crippen LogP contribution in [0.4, 0.5) is 0 Å². The number of benzene rings is 2. The summed E-state index contributed by atoms with van der Waals surface area (Å²) in [5.41, 5.74) is 3.96. The average Bonchev–Trinajstić information content (AvgIpc) is 3.13. The highest BCUT2D eigenvalue weighted by atomic mass is 32.2. The molecule has 0 saturated carbocycles. The molecule has 0 fully saturated rings. The number of ether oxygens (including phenoxy) is 1. The molecule has 6 nitrogen and oxygen atoms in total. The Morgan fingerprint density at radius 3 is 2.53 bits per heavy atom. The van der Waals surface area contributed by atoms with Crippen LogP contribution in [0.5, 0.6) is 0 Å². The van der Waals surface area contributed by atoms with E-state index in [9.17, 15) is 4.79 Å². The lowest BCUT2D eigenvalue weighted by atomic mass is 10.0. The maximum atomic E-state index is 12.7. The summed E-state index contributed by atoms with van der Waals surface area (Å²) in [6.07, 6.45) is 0. The first-order valence-electron chi connectivity index (χ1n) is 9.75. The maximum Gasteiger partial charge on any atom is 0.340 e. The molecule has 0 N–H and O–H groups in total. The number of fused-ring (bicyclic) bond motifs is 1. The normalized spacial score (nSPS) is 11.0. The van der Waals surface area contributed by atoms with Gasteiger partial charge in [0.15, 0.2) is 5.16 Å². The van der Waals surface area contributed by atoms with E-state index in [-0.39, 0.29) is 5.97 Å². The molecule has 0 aliphatic heterocycles. The molecule has 4 rings (SSSR count). The van der Waals surface area contributed by atoms with Gasteiger partial charge in [-0.05, 0) is 44.5 Å². The van der Waals surface area contributed by atoms with Crippen molar-refractivity contribution in [3.05, 3.63) is 77.2 Å². The van der Waals surface area contributed by atoms with Crippen LogP contribution in [0.2, 0.25) is 0 Å². The van der Waals surface area contributed by atoms with Crippen molar-refractivity contribution < 1.29 is 9.53 Å². The maximum absolute atomic E-state index is 12.7. The molecule has 0 radical (unpaired) electrons. The van der Waals surface area contributed by atoms with Gasteiger partial charge in [-0.2, -0.15) is 0 Å². The molecule has 0 aliphatic carbocycles. The highest BCUT2D eigenvalue weighted by Crippen LogP contribution is 2.29. The summed E-state index contributed by atoms with van der Waals surface area (Å²) in [6.45, 7) is 5.99. The summed E-state index contributed by atoms with van der Waals surface area (Å²) in [4.78, 5) is 17.5. The van der Waals surface area contributed by atoms with Gasteiger partial charge in [0.05, 0.1) is 23.4 Å². The number of esters is 1. The van der Waals surface area contributed by atoms with Crippen LogP contribution in [0.25, 0.3) is 16.6 Å². The molecule has 30 heavy (non-hydrogen) atoms. The van der Waals surface area contributed by atoms with E-state index in [1.54, 1.807) is 6.92 Å². The number of rotatable bonds is 6. The quantitative estimate of drug-likeness (QED) is 0.328. The number of pyridine rings is 1. The van der Waals surface area contributed by atoms with Crippen LogP contribution < -0.4 is 0 Å². The van der Waals surface area contributed by atoms with Gasteiger partial charge >= 0.3 is 5.97 Å². The van der Waals surface area contributed by atoms with Gasteiger partial charge in [-0.1, -0.05) is 48.2 Å². The SMILES string of the molecule is CCOC(=O)c1c(CSc2nnc(C)n2-c2ccccc2)nc2ccccc2c1C. The summed E-state index contributed by atoms with van der Waals surface area (Å²) in [5.74, 6) is 0.937. The van der Waals surface area contributed by atoms with E-state index in [1.807, 2.05) is 73.0 Å². The Morgan fingerprint density at radius 2 is 1.77 bits per heavy atom. The highest BCUT2D eigenvalue weighted by Gasteiger charge is 2.21. The summed E-state index contributed by atoms with van der Waals surface area (Å²) in [7, 11) is 0. The molecular formula is C23H22N4O2S. The molecule has 2 aromatic carbocycles. The van der Waals surface area contributed by atoms with E-state index >= 15 is 0 Å². The predicted octanol–water partition coefficient (Wildman–Crippen LogP) is 4.90. The van der Waals surface area contributed by atoms with Gasteiger partial charge in [-0.25, -0.2) is 4.79 Å². The minimum atomic E-state index is -0.343. The Labute approximate surface area is 179 Å². The third-order valence-corrected chi connectivity index (χ3v) is 5.79. The largest absolute Gasteiger partial charge is 0.462 e. The third-order valence-electron chi connectivity index (χ3n) is 4.85. The summed E-state index contributed by atoms with van der Waals surface area (Å²) < 4.78 is 7.33. The third kappa shape index (κ3) is 3.80. The molecule has 0 spiro atoms. The van der Waals surface area contributed by atoms with Gasteiger partial charge in [0.25, 0.3) is 0 Å². The number of nitrogens with zero attached hydrogens (tertiary/aromatic N) is 4. The van der Waals surface area contributed by atoms with Crippen LogP contribution in [0.15, 0.2) is 59.8 Å². The van der Waals surface area contributed by atoms with E-state index in [4.69, 9.17) is 9.72 Å². The van der Waals surface area contributed by atoms with E-state index in [2.05, 4.69) is 10.2 Å². The lowest BCUT2D eigenvalue weighted by molar-refractivity contribution is 0.0524. The number of aromatic nitrogens is 4. The fraction of sp³-hybridized carbons (Fsp3) is 0.217. The predicted molar refractivity (Wildman–Crippen MR) is 118 cm³/mol. The fourth-order valence-corrected chi connectivity index (χ4v) is 4.40. The molecule has 0 bridgehead atoms. The first-order chi connectivity index (χ1) is 14.6. The number of thioether (sulfide) groups is 1. The second kappa shape index (κ2) is 8.67. The van der Waals surface area contributed by atoms with Gasteiger partial charge in [0, 0.05) is 16.8 Å². The molecular weight excluding hydrogens is 396 g/mol. The van der Waals surface area contributed by atoms with E-state index in [0.717, 1.165) is 33.1 Å². The van der Waals surface area contributed by atoms with Crippen molar-refractivity contribution in [1.82, 2.24) is 19.7 Å². The smallest absolute Gasteiger partial charge is 0.340 e. The Hall–Kier alpha value is -3.19. The second-order valence-corrected chi connectivity index (χ2v) is 7.73. The molecule has 0 saturated heterocycles. The van der Waals surface area contributed by atoms with Crippen molar-refractivity contribution in [2.24, 2.45) is 0 Å². The Balaban J connectivity index is 1.73. The molecule has 0 aliphatic rings. The lowest BCUT2D eigenvalue weighted by Crippen LogP contribution is -2.12. The topological polar surface area (TPSA) is 69.9 Å². The van der Waals surface area contributed by atoms with Gasteiger partial charge in [-0.3, -0.25) is 9.55 Å². The van der Waals surface area contributed by atoms with Crippen LogP contribution in [0.3, 0.4) is 0 Å². The molecule has 4 aromatic rings. The van der Waals surface area contributed by atoms with Crippen molar-refractivity contribution in [3.63, 3.8) is 0 Å². The van der Waals surface area contributed by atoms with Gasteiger partial charge < -0.3 is 4.74 Å². The molecule has 2 heterocycles. The lowest BCUT2D eigenvalue weighted by Gasteiger charge is -2.14. The van der Waals surface area contributed by atoms with E-state index < -0.39 is 0 Å². The van der Waals surface area contributed by atoms with Crippen molar-refractivity contribution in [1.29, 1.82) is 0 Å². The summed E-state index contributed by atoms with van der Waals surface area (Å²) in [6, 6.07) is 17.8. The summed E-state index contributed by atoms with van der Waals surface area (Å²) in [5, 5.41) is 10.3. The van der Waals surface area contributed by atoms with Crippen molar-refractivity contribution in [2.75, 3.05) is 6.61 Å². The molecule has 152 valence electrons. The average molecular weight is 419 g/mol. The highest BCUT2D eigenvalue weighted by molar-refractivity contribution is 7.98. The minimum Gasteiger partial charge on any atom is -0.462 e. The summed E-state index contributed by atoms with van der Waals surface area (Å²) >= 11 is 1.50. The second-order valence-electron chi connectivity index (χ2n) is 6.79. The van der Waals surface area contributed by atoms with Gasteiger partial charge in [0.2, 0.25) is 0 Å². The standard InChI is InChI=1S/C23H22N4O2S/c1-4-29-22(28)21-15(2)18-12-8-9-13-19(18)24-20(21)14-30-23-26-25-16(3)27(23)17-10-6-5-7-11-17/h5-13H,4,14H2,1-3H3. The zero-order valence-corrected chi connectivity index (χ0v) is 17.9. The number of para-hydroxylation sites is 2. The number of hydrogen-bond acceptors (Lipinski definition) is 6. The number of hydrogen-bond donors (Lipinski definition) is 0. The van der Waals surface area contributed by atoms with Gasteiger partial charge in [0.1, 0.15) is 5.82 Å². The van der Waals surface area contributed by atoms with Crippen LogP contribution in [-0.2, 0) is 10.5 Å². The van der Waals surface area contributed by atoms with Crippen LogP contribution in [-0.4, -0.2) is 32.3 Å². The van der Waals surface area contributed by atoms with Crippen molar-refractivity contribution in [3.8, 4) is 5.69 Å². The first kappa shape index (κ1) is 20.1. The molecule has 0 amide bonds. The Bertz CT molecular complexity index is 1200. The number of carbonyl (C=O) groups is 1. The zero-order chi connectivity index (χ0) is 21.1. The fourth-order valence-electron chi connectivity index (χ4n) is 3.46. The minimum absolute atomic E-state index is 0.319. The van der Waals surface area contributed by atoms with Crippen LogP contribution in [0, 0.1) is 13.8 Å². The van der Waals surface area contributed by atoms with Gasteiger partial charge in [-0.15, -0.1) is 10.2 Å². The monoisotopic (exact) mass is 418 g/mol. The zero-order valence-electron chi connectivity index (χ0n) is 17.1. The van der Waals surface area contributed by atoms with Crippen molar-refractivity contribution in [2.45, 2.75) is 31.7 Å². The molecule has 2 aromatic heterocycles. The first-order valence-corrected chi connectivity index (χ1v) is 10.7. The Morgan fingerprint density at radius 1 is 1.03 bits per heavy atom. The van der Waals surface area contributed by atoms with Crippen LogP contribution >= 0.6 is 11.8 Å². The molecule has 7 heteroatoms.